The highest BCUT2D eigenvalue weighted by Gasteiger charge is 2.45. The molecule has 5 N–H and O–H groups in total. The maximum Gasteiger partial charge on any atom is 0.187 e. The quantitative estimate of drug-likeness (QED) is 0.374. The number of aliphatic hydroxyl groups is 5. The molecule has 0 bridgehead atoms. The topological polar surface area (TPSA) is 143 Å². The Labute approximate surface area is 127 Å². The number of nitrogens with zero attached hydrogens (tertiary/aromatic N) is 1. The van der Waals surface area contributed by atoms with Gasteiger partial charge >= 0.3 is 0 Å². The van der Waals surface area contributed by atoms with Crippen molar-refractivity contribution >= 4 is 0 Å². The van der Waals surface area contributed by atoms with Crippen LogP contribution in [0.1, 0.15) is 6.42 Å². The van der Waals surface area contributed by atoms with E-state index in [-0.39, 0.29) is 6.42 Å². The first-order chi connectivity index (χ1) is 10.5. The van der Waals surface area contributed by atoms with Crippen molar-refractivity contribution < 1.29 is 35.0 Å². The van der Waals surface area contributed by atoms with E-state index in [9.17, 15) is 20.4 Å². The van der Waals surface area contributed by atoms with Gasteiger partial charge in [0.25, 0.3) is 0 Å². The molecule has 8 heteroatoms. The van der Waals surface area contributed by atoms with E-state index in [2.05, 4.69) is 0 Å². The van der Waals surface area contributed by atoms with Crippen molar-refractivity contribution in [2.24, 2.45) is 0 Å². The Morgan fingerprint density at radius 3 is 2.64 bits per heavy atom. The zero-order chi connectivity index (χ0) is 16.3. The number of aliphatic hydroxyl groups excluding tert-OH is 5. The van der Waals surface area contributed by atoms with Gasteiger partial charge in [0, 0.05) is 12.5 Å². The summed E-state index contributed by atoms with van der Waals surface area (Å²) in [6, 6.07) is 1.86. The van der Waals surface area contributed by atoms with E-state index >= 15 is 0 Å². The molecule has 0 radical (unpaired) electrons. The fourth-order valence-corrected chi connectivity index (χ4v) is 2.45. The zero-order valence-electron chi connectivity index (χ0n) is 11.7. The zero-order valence-corrected chi connectivity index (χ0v) is 11.7. The number of nitriles is 1. The average molecular weight is 313 g/mol. The van der Waals surface area contributed by atoms with E-state index in [1.165, 1.54) is 18.2 Å². The predicted molar refractivity (Wildman–Crippen MR) is 72.1 cm³/mol. The van der Waals surface area contributed by atoms with Crippen LogP contribution in [0.2, 0.25) is 0 Å². The Morgan fingerprint density at radius 1 is 1.27 bits per heavy atom. The summed E-state index contributed by atoms with van der Waals surface area (Å²) in [6.07, 6.45) is -3.96. The molecule has 8 nitrogen and oxygen atoms in total. The molecule has 0 unspecified atom stereocenters. The molecule has 22 heavy (non-hydrogen) atoms. The van der Waals surface area contributed by atoms with Crippen molar-refractivity contribution in [2.75, 3.05) is 6.61 Å². The molecule has 7 atom stereocenters. The summed E-state index contributed by atoms with van der Waals surface area (Å²) in [6.45, 7) is -0.557. The van der Waals surface area contributed by atoms with Gasteiger partial charge in [-0.3, -0.25) is 0 Å². The van der Waals surface area contributed by atoms with E-state index in [1.807, 2.05) is 6.07 Å². The second-order valence-corrected chi connectivity index (χ2v) is 5.26. The molecule has 122 valence electrons. The lowest BCUT2D eigenvalue weighted by molar-refractivity contribution is -0.309. The molecule has 2 rings (SSSR count). The fourth-order valence-electron chi connectivity index (χ4n) is 2.45. The van der Waals surface area contributed by atoms with Crippen LogP contribution in [0.3, 0.4) is 0 Å². The first-order valence-corrected chi connectivity index (χ1v) is 6.89. The van der Waals surface area contributed by atoms with E-state index in [1.54, 1.807) is 0 Å². The molecule has 0 amide bonds. The molecule has 1 aliphatic heterocycles. The summed E-state index contributed by atoms with van der Waals surface area (Å²) < 4.78 is 10.8. The van der Waals surface area contributed by atoms with Crippen LogP contribution in [0, 0.1) is 11.3 Å². The van der Waals surface area contributed by atoms with Crippen LogP contribution >= 0.6 is 0 Å². The van der Waals surface area contributed by atoms with Crippen LogP contribution in [-0.2, 0) is 9.47 Å². The first kappa shape index (κ1) is 17.1. The van der Waals surface area contributed by atoms with Crippen LogP contribution in [0.25, 0.3) is 0 Å². The third-order valence-electron chi connectivity index (χ3n) is 3.72. The molecule has 1 aliphatic carbocycles. The molecule has 0 aromatic carbocycles. The Bertz CT molecular complexity index is 484. The van der Waals surface area contributed by atoms with Gasteiger partial charge in [-0.1, -0.05) is 12.2 Å². The Morgan fingerprint density at radius 2 is 2.00 bits per heavy atom. The number of hydrogen-bond acceptors (Lipinski definition) is 8. The van der Waals surface area contributed by atoms with E-state index in [0.717, 1.165) is 0 Å². The third kappa shape index (κ3) is 3.53. The second-order valence-electron chi connectivity index (χ2n) is 5.26. The summed E-state index contributed by atoms with van der Waals surface area (Å²) >= 11 is 0. The highest BCUT2D eigenvalue weighted by atomic mass is 16.7. The van der Waals surface area contributed by atoms with Crippen LogP contribution in [0.15, 0.2) is 23.8 Å². The van der Waals surface area contributed by atoms with Crippen molar-refractivity contribution in [3.63, 3.8) is 0 Å². The van der Waals surface area contributed by atoms with Gasteiger partial charge in [0.05, 0.1) is 24.9 Å². The number of allylic oxidation sites excluding steroid dienone is 1. The molecule has 0 aromatic heterocycles. The molecule has 1 saturated heterocycles. The summed E-state index contributed by atoms with van der Waals surface area (Å²) in [5.74, 6) is 0. The largest absolute Gasteiger partial charge is 0.394 e. The van der Waals surface area contributed by atoms with Gasteiger partial charge in [0.2, 0.25) is 0 Å². The van der Waals surface area contributed by atoms with Gasteiger partial charge in [-0.25, -0.2) is 0 Å². The van der Waals surface area contributed by atoms with Crippen molar-refractivity contribution in [1.82, 2.24) is 0 Å². The van der Waals surface area contributed by atoms with E-state index < -0.39 is 49.5 Å². The molecular formula is C14H19NO7. The molecule has 0 aromatic rings. The van der Waals surface area contributed by atoms with Crippen molar-refractivity contribution in [3.8, 4) is 6.07 Å². The second kappa shape index (κ2) is 7.30. The number of ether oxygens (including phenoxy) is 2. The number of hydrogen-bond donors (Lipinski definition) is 5. The number of rotatable bonds is 3. The molecule has 0 spiro atoms. The van der Waals surface area contributed by atoms with Crippen LogP contribution in [-0.4, -0.2) is 75.1 Å². The van der Waals surface area contributed by atoms with E-state index in [0.29, 0.717) is 5.57 Å². The normalized spacial score (nSPS) is 44.0. The summed E-state index contributed by atoms with van der Waals surface area (Å²) in [4.78, 5) is 0. The Hall–Kier alpha value is -1.31. The molecule has 1 heterocycles. The summed E-state index contributed by atoms with van der Waals surface area (Å²) in [7, 11) is 0. The van der Waals surface area contributed by atoms with Gasteiger partial charge in [-0.2, -0.15) is 5.26 Å². The Balaban J connectivity index is 2.12. The molecule has 2 aliphatic rings. The lowest BCUT2D eigenvalue weighted by atomic mass is 9.95. The summed E-state index contributed by atoms with van der Waals surface area (Å²) in [5.41, 5.74) is 0.491. The van der Waals surface area contributed by atoms with Crippen LogP contribution in [0.5, 0.6) is 0 Å². The average Bonchev–Trinajstić information content (AvgIpc) is 2.50. The minimum Gasteiger partial charge on any atom is -0.394 e. The van der Waals surface area contributed by atoms with E-state index in [4.69, 9.17) is 19.8 Å². The molecule has 1 fully saturated rings. The van der Waals surface area contributed by atoms with Gasteiger partial charge in [0.15, 0.2) is 6.29 Å². The highest BCUT2D eigenvalue weighted by molar-refractivity contribution is 5.32. The van der Waals surface area contributed by atoms with Crippen LogP contribution in [0.4, 0.5) is 0 Å². The highest BCUT2D eigenvalue weighted by Crippen LogP contribution is 2.28. The molecular weight excluding hydrogens is 294 g/mol. The van der Waals surface area contributed by atoms with Gasteiger partial charge in [-0.05, 0) is 5.57 Å². The van der Waals surface area contributed by atoms with Gasteiger partial charge < -0.3 is 35.0 Å². The standard InChI is InChI=1S/C14H19NO7/c15-4-3-7-1-2-8(17)5-9(7)21-14-13(20)12(19)11(18)10(6-16)22-14/h1-3,8-14,16-20H,5-6H2/t8-,9-,10-,11-,12+,13-,14-/m1/s1. The SMILES string of the molecule is N#CC=C1C=C[C@@H](O)C[C@H]1O[C@@H]1O[C@H](CO)[C@@H](O)[C@H](O)[C@H]1O. The smallest absolute Gasteiger partial charge is 0.187 e. The first-order valence-electron chi connectivity index (χ1n) is 6.89. The predicted octanol–water partition coefficient (Wildman–Crippen LogP) is -2.06. The summed E-state index contributed by atoms with van der Waals surface area (Å²) in [5, 5.41) is 56.9. The van der Waals surface area contributed by atoms with Crippen molar-refractivity contribution in [1.29, 1.82) is 5.26 Å². The Kier molecular flexibility index (Phi) is 5.66. The van der Waals surface area contributed by atoms with Gasteiger partial charge in [-0.15, -0.1) is 0 Å². The molecule has 0 saturated carbocycles. The monoisotopic (exact) mass is 313 g/mol. The maximum absolute atomic E-state index is 9.93. The van der Waals surface area contributed by atoms with Crippen LogP contribution < -0.4 is 0 Å². The minimum absolute atomic E-state index is 0.152. The third-order valence-corrected chi connectivity index (χ3v) is 3.72. The fraction of sp³-hybridized carbons (Fsp3) is 0.643. The van der Waals surface area contributed by atoms with Crippen molar-refractivity contribution in [3.05, 3.63) is 23.8 Å². The van der Waals surface area contributed by atoms with Gasteiger partial charge in [0.1, 0.15) is 24.4 Å². The maximum atomic E-state index is 9.93. The van der Waals surface area contributed by atoms with Crippen molar-refractivity contribution in [2.45, 2.75) is 49.3 Å². The lowest BCUT2D eigenvalue weighted by Gasteiger charge is -2.41. The minimum atomic E-state index is -1.54. The lowest BCUT2D eigenvalue weighted by Crippen LogP contribution is -2.59.